The van der Waals surface area contributed by atoms with Crippen molar-refractivity contribution in [2.24, 2.45) is 5.92 Å². The van der Waals surface area contributed by atoms with Gasteiger partial charge >= 0.3 is 0 Å². The molecule has 3 rings (SSSR count). The summed E-state index contributed by atoms with van der Waals surface area (Å²) < 4.78 is 5.61. The topological polar surface area (TPSA) is 63.6 Å². The van der Waals surface area contributed by atoms with Crippen LogP contribution in [0, 0.1) is 5.92 Å². The molecule has 3 aliphatic rings. The second-order valence-electron chi connectivity index (χ2n) is 4.53. The number of carbonyl (C=O) groups excluding carboxylic acids is 2. The average molecular weight is 244 g/mol. The van der Waals surface area contributed by atoms with Gasteiger partial charge in [0.1, 0.15) is 17.8 Å². The van der Waals surface area contributed by atoms with Crippen molar-refractivity contribution < 1.29 is 19.4 Å². The van der Waals surface area contributed by atoms with Gasteiger partial charge in [-0.15, -0.1) is 0 Å². The van der Waals surface area contributed by atoms with Crippen molar-refractivity contribution in [3.8, 4) is 0 Å². The highest BCUT2D eigenvalue weighted by molar-refractivity contribution is 6.20. The lowest BCUT2D eigenvalue weighted by Gasteiger charge is -2.23. The largest absolute Gasteiger partial charge is 0.504 e. The summed E-state index contributed by atoms with van der Waals surface area (Å²) >= 11 is 0. The van der Waals surface area contributed by atoms with E-state index < -0.39 is 11.7 Å². The van der Waals surface area contributed by atoms with Gasteiger partial charge in [0.25, 0.3) is 0 Å². The molecular formula is C14H12O4. The third-order valence-electron chi connectivity index (χ3n) is 3.41. The van der Waals surface area contributed by atoms with Gasteiger partial charge in [0.15, 0.2) is 11.5 Å². The SMILES string of the molecule is CCC1C=C2C(=O)C3C(=O)C(O)=CC=C3C=C2O1. The molecule has 4 heteroatoms. The minimum absolute atomic E-state index is 0.104. The zero-order valence-corrected chi connectivity index (χ0v) is 9.84. The van der Waals surface area contributed by atoms with Crippen LogP contribution in [0.2, 0.25) is 0 Å². The Hall–Kier alpha value is -2.10. The van der Waals surface area contributed by atoms with E-state index in [1.54, 1.807) is 18.2 Å². The van der Waals surface area contributed by atoms with Crippen molar-refractivity contribution in [3.05, 3.63) is 47.0 Å². The summed E-state index contributed by atoms with van der Waals surface area (Å²) in [4.78, 5) is 24.1. The van der Waals surface area contributed by atoms with Crippen LogP contribution in [-0.4, -0.2) is 22.8 Å². The average Bonchev–Trinajstić information content (AvgIpc) is 2.77. The molecule has 0 radical (unpaired) electrons. The molecule has 0 spiro atoms. The number of ether oxygens (including phenoxy) is 1. The standard InChI is InChI=1S/C14H12O4/c1-2-8-6-9-11(18-8)5-7-3-4-10(15)14(17)12(7)13(9)16/h3-6,8,12,15H,2H2,1H3. The van der Waals surface area contributed by atoms with E-state index in [4.69, 9.17) is 4.74 Å². The van der Waals surface area contributed by atoms with Crippen LogP contribution in [0.5, 0.6) is 0 Å². The first-order chi connectivity index (χ1) is 8.61. The van der Waals surface area contributed by atoms with E-state index in [1.165, 1.54) is 6.08 Å². The van der Waals surface area contributed by atoms with Gasteiger partial charge < -0.3 is 9.84 Å². The first-order valence-electron chi connectivity index (χ1n) is 5.91. The number of aliphatic hydroxyl groups excluding tert-OH is 1. The minimum Gasteiger partial charge on any atom is -0.504 e. The van der Waals surface area contributed by atoms with Crippen molar-refractivity contribution in [1.29, 1.82) is 0 Å². The van der Waals surface area contributed by atoms with Crippen LogP contribution in [0.15, 0.2) is 47.0 Å². The van der Waals surface area contributed by atoms with Crippen LogP contribution in [0.4, 0.5) is 0 Å². The number of Topliss-reactive ketones (excluding diaryl/α,β-unsaturated/α-hetero) is 2. The van der Waals surface area contributed by atoms with E-state index in [0.29, 0.717) is 16.9 Å². The Kier molecular flexibility index (Phi) is 2.26. The number of carbonyl (C=O) groups is 2. The van der Waals surface area contributed by atoms with Gasteiger partial charge in [-0.2, -0.15) is 0 Å². The maximum atomic E-state index is 12.3. The third kappa shape index (κ3) is 1.38. The van der Waals surface area contributed by atoms with Gasteiger partial charge in [-0.1, -0.05) is 13.0 Å². The highest BCUT2D eigenvalue weighted by Gasteiger charge is 2.42. The highest BCUT2D eigenvalue weighted by atomic mass is 16.5. The summed E-state index contributed by atoms with van der Waals surface area (Å²) in [6.07, 6.45) is 7.05. The lowest BCUT2D eigenvalue weighted by atomic mass is 9.78. The zero-order valence-electron chi connectivity index (χ0n) is 9.84. The molecule has 0 fully saturated rings. The highest BCUT2D eigenvalue weighted by Crippen LogP contribution is 2.38. The molecule has 1 aliphatic heterocycles. The van der Waals surface area contributed by atoms with Crippen LogP contribution in [-0.2, 0) is 14.3 Å². The van der Waals surface area contributed by atoms with Crippen molar-refractivity contribution in [1.82, 2.24) is 0 Å². The summed E-state index contributed by atoms with van der Waals surface area (Å²) in [6, 6.07) is 0. The van der Waals surface area contributed by atoms with Gasteiger partial charge in [-0.05, 0) is 30.2 Å². The van der Waals surface area contributed by atoms with E-state index in [0.717, 1.165) is 6.42 Å². The smallest absolute Gasteiger partial charge is 0.212 e. The first kappa shape index (κ1) is 11.0. The molecule has 0 aromatic heterocycles. The Labute approximate surface area is 104 Å². The van der Waals surface area contributed by atoms with Crippen molar-refractivity contribution >= 4 is 11.6 Å². The van der Waals surface area contributed by atoms with Gasteiger partial charge in [0.2, 0.25) is 5.78 Å². The summed E-state index contributed by atoms with van der Waals surface area (Å²) in [5, 5.41) is 9.42. The van der Waals surface area contributed by atoms with Gasteiger partial charge in [-0.3, -0.25) is 9.59 Å². The van der Waals surface area contributed by atoms with Gasteiger partial charge in [0.05, 0.1) is 5.57 Å². The molecule has 4 nitrogen and oxygen atoms in total. The Balaban J connectivity index is 2.09. The minimum atomic E-state index is -0.899. The maximum Gasteiger partial charge on any atom is 0.212 e. The summed E-state index contributed by atoms with van der Waals surface area (Å²) in [5.41, 5.74) is 1.05. The summed E-state index contributed by atoms with van der Waals surface area (Å²) in [7, 11) is 0. The second kappa shape index (κ2) is 3.70. The number of hydrogen-bond acceptors (Lipinski definition) is 4. The van der Waals surface area contributed by atoms with Crippen LogP contribution in [0.3, 0.4) is 0 Å². The zero-order chi connectivity index (χ0) is 12.9. The molecule has 0 amide bonds. The first-order valence-corrected chi connectivity index (χ1v) is 5.91. The second-order valence-corrected chi connectivity index (χ2v) is 4.53. The lowest BCUT2D eigenvalue weighted by Crippen LogP contribution is -2.32. The predicted molar refractivity (Wildman–Crippen MR) is 63.6 cm³/mol. The van der Waals surface area contributed by atoms with Crippen LogP contribution in [0.1, 0.15) is 13.3 Å². The van der Waals surface area contributed by atoms with E-state index >= 15 is 0 Å². The molecule has 1 heterocycles. The predicted octanol–water partition coefficient (Wildman–Crippen LogP) is 1.76. The monoisotopic (exact) mass is 244 g/mol. The van der Waals surface area contributed by atoms with E-state index in [9.17, 15) is 14.7 Å². The normalized spacial score (nSPS) is 29.6. The van der Waals surface area contributed by atoms with Gasteiger partial charge in [0, 0.05) is 0 Å². The summed E-state index contributed by atoms with van der Waals surface area (Å²) in [5.74, 6) is -1.53. The molecule has 92 valence electrons. The summed E-state index contributed by atoms with van der Waals surface area (Å²) in [6.45, 7) is 1.97. The number of aliphatic hydroxyl groups is 1. The fourth-order valence-electron chi connectivity index (χ4n) is 2.41. The molecule has 0 aromatic rings. The Morgan fingerprint density at radius 3 is 2.78 bits per heavy atom. The van der Waals surface area contributed by atoms with E-state index in [1.807, 2.05) is 6.92 Å². The number of fused-ring (bicyclic) bond motifs is 2. The molecule has 0 aromatic carbocycles. The molecule has 0 saturated heterocycles. The van der Waals surface area contributed by atoms with Crippen molar-refractivity contribution in [2.45, 2.75) is 19.4 Å². The fraction of sp³-hybridized carbons (Fsp3) is 0.286. The van der Waals surface area contributed by atoms with E-state index in [-0.39, 0.29) is 17.6 Å². The Bertz CT molecular complexity index is 575. The lowest BCUT2D eigenvalue weighted by molar-refractivity contribution is -0.128. The fourth-order valence-corrected chi connectivity index (χ4v) is 2.41. The molecule has 1 N–H and O–H groups in total. The number of hydrogen-bond donors (Lipinski definition) is 1. The quantitative estimate of drug-likeness (QED) is 0.714. The van der Waals surface area contributed by atoms with Crippen molar-refractivity contribution in [2.75, 3.05) is 0 Å². The van der Waals surface area contributed by atoms with Crippen LogP contribution < -0.4 is 0 Å². The molecule has 18 heavy (non-hydrogen) atoms. The van der Waals surface area contributed by atoms with Crippen molar-refractivity contribution in [3.63, 3.8) is 0 Å². The number of allylic oxidation sites excluding steroid dienone is 6. The number of rotatable bonds is 1. The van der Waals surface area contributed by atoms with E-state index in [2.05, 4.69) is 0 Å². The Morgan fingerprint density at radius 1 is 1.28 bits per heavy atom. The third-order valence-corrected chi connectivity index (χ3v) is 3.41. The molecule has 0 saturated carbocycles. The molecule has 2 aliphatic carbocycles. The number of ketones is 2. The van der Waals surface area contributed by atoms with Crippen LogP contribution >= 0.6 is 0 Å². The molecule has 2 atom stereocenters. The molecule has 0 bridgehead atoms. The molecule has 2 unspecified atom stereocenters. The van der Waals surface area contributed by atoms with Crippen LogP contribution in [0.25, 0.3) is 0 Å². The maximum absolute atomic E-state index is 12.3. The molecular weight excluding hydrogens is 232 g/mol. The Morgan fingerprint density at radius 2 is 2.06 bits per heavy atom. The van der Waals surface area contributed by atoms with Gasteiger partial charge in [-0.25, -0.2) is 0 Å².